The molecule has 0 amide bonds. The summed E-state index contributed by atoms with van der Waals surface area (Å²) < 4.78 is 21.9. The van der Waals surface area contributed by atoms with Gasteiger partial charge in [-0.3, -0.25) is 9.80 Å². The molecule has 1 aliphatic rings. The lowest BCUT2D eigenvalue weighted by Gasteiger charge is -2.35. The minimum atomic E-state index is -1.82. The van der Waals surface area contributed by atoms with Gasteiger partial charge in [0.15, 0.2) is 11.5 Å². The van der Waals surface area contributed by atoms with Gasteiger partial charge in [-0.15, -0.1) is 0 Å². The number of carbonyl (C=O) groups is 2. The van der Waals surface area contributed by atoms with Gasteiger partial charge in [0.1, 0.15) is 11.5 Å². The van der Waals surface area contributed by atoms with Crippen molar-refractivity contribution in [1.82, 2.24) is 9.80 Å². The molecule has 10 heteroatoms. The molecule has 0 atom stereocenters. The Bertz CT molecular complexity index is 962. The first-order valence-corrected chi connectivity index (χ1v) is 11.2. The molecule has 1 fully saturated rings. The molecule has 0 unspecified atom stereocenters. The van der Waals surface area contributed by atoms with Gasteiger partial charge in [0.05, 0.1) is 27.9 Å². The number of hydrogen-bond acceptors (Lipinski definition) is 8. The van der Waals surface area contributed by atoms with Gasteiger partial charge in [0.2, 0.25) is 0 Å². The van der Waals surface area contributed by atoms with Crippen LogP contribution in [0.4, 0.5) is 0 Å². The van der Waals surface area contributed by atoms with Crippen LogP contribution in [0.1, 0.15) is 18.1 Å². The highest BCUT2D eigenvalue weighted by Crippen LogP contribution is 2.29. The Kier molecular flexibility index (Phi) is 11.1. The first-order valence-electron chi connectivity index (χ1n) is 11.2. The minimum absolute atomic E-state index is 0.632. The van der Waals surface area contributed by atoms with Crippen molar-refractivity contribution >= 4 is 11.9 Å². The number of hydrogen-bond donors (Lipinski definition) is 2. The second-order valence-corrected chi connectivity index (χ2v) is 7.76. The van der Waals surface area contributed by atoms with Crippen molar-refractivity contribution < 1.29 is 38.7 Å². The van der Waals surface area contributed by atoms with Crippen LogP contribution in [0.15, 0.2) is 36.4 Å². The molecule has 1 aliphatic heterocycles. The van der Waals surface area contributed by atoms with Crippen molar-refractivity contribution in [3.05, 3.63) is 47.5 Å². The van der Waals surface area contributed by atoms with Crippen LogP contribution < -0.4 is 18.9 Å². The summed E-state index contributed by atoms with van der Waals surface area (Å²) in [4.78, 5) is 23.2. The Morgan fingerprint density at radius 1 is 0.771 bits per heavy atom. The van der Waals surface area contributed by atoms with E-state index in [2.05, 4.69) is 28.0 Å². The third-order valence-corrected chi connectivity index (χ3v) is 5.47. The first kappa shape index (κ1) is 27.7. The van der Waals surface area contributed by atoms with Crippen LogP contribution in [0.2, 0.25) is 0 Å². The molecule has 2 aromatic rings. The number of piperazine rings is 1. The predicted molar refractivity (Wildman–Crippen MR) is 130 cm³/mol. The summed E-state index contributed by atoms with van der Waals surface area (Å²) in [6, 6.07) is 12.2. The van der Waals surface area contributed by atoms with Crippen LogP contribution in [0.5, 0.6) is 23.0 Å². The van der Waals surface area contributed by atoms with Crippen LogP contribution in [0.3, 0.4) is 0 Å². The molecule has 2 aromatic carbocycles. The number of carboxylic acid groups (broad SMARTS) is 2. The highest BCUT2D eigenvalue weighted by Gasteiger charge is 2.19. The van der Waals surface area contributed by atoms with Crippen molar-refractivity contribution in [3.63, 3.8) is 0 Å². The van der Waals surface area contributed by atoms with Gasteiger partial charge in [-0.25, -0.2) is 9.59 Å². The lowest BCUT2D eigenvalue weighted by atomic mass is 10.1. The molecule has 0 aromatic heterocycles. The minimum Gasteiger partial charge on any atom is -0.497 e. The SMILES string of the molecule is CCOc1cc(CN2CCN(Cc3ccc(OC)cc3OC)CC2)ccc1OC.O=C(O)C(=O)O. The number of rotatable bonds is 9. The number of carboxylic acids is 2. The molecule has 0 saturated carbocycles. The fourth-order valence-electron chi connectivity index (χ4n) is 3.67. The molecule has 35 heavy (non-hydrogen) atoms. The summed E-state index contributed by atoms with van der Waals surface area (Å²) in [5.41, 5.74) is 2.44. The molecule has 0 aliphatic carbocycles. The summed E-state index contributed by atoms with van der Waals surface area (Å²) in [6.07, 6.45) is 0. The Labute approximate surface area is 205 Å². The van der Waals surface area contributed by atoms with E-state index in [4.69, 9.17) is 38.7 Å². The van der Waals surface area contributed by atoms with E-state index in [1.807, 2.05) is 25.1 Å². The number of nitrogens with zero attached hydrogens (tertiary/aromatic N) is 2. The summed E-state index contributed by atoms with van der Waals surface area (Å²) in [5, 5.41) is 14.8. The van der Waals surface area contributed by atoms with Gasteiger partial charge in [0, 0.05) is 50.9 Å². The molecule has 0 radical (unpaired) electrons. The fourth-order valence-corrected chi connectivity index (χ4v) is 3.67. The molecule has 2 N–H and O–H groups in total. The molecular formula is C25H34N2O8. The standard InChI is InChI=1S/C23H32N2O4.C2H2O4/c1-5-29-23-14-18(6-9-21(23)27-3)16-24-10-12-25(13-11-24)17-19-7-8-20(26-2)15-22(19)28-4;3-1(4)2(5)6/h6-9,14-15H,5,10-13,16-17H2,1-4H3;(H,3,4)(H,5,6). The average Bonchev–Trinajstić information content (AvgIpc) is 2.86. The number of aliphatic carboxylic acids is 2. The van der Waals surface area contributed by atoms with Crippen molar-refractivity contribution in [2.24, 2.45) is 0 Å². The van der Waals surface area contributed by atoms with Crippen LogP contribution in [-0.2, 0) is 22.7 Å². The van der Waals surface area contributed by atoms with Gasteiger partial charge in [-0.05, 0) is 30.7 Å². The zero-order valence-corrected chi connectivity index (χ0v) is 20.7. The second-order valence-electron chi connectivity index (χ2n) is 7.76. The van der Waals surface area contributed by atoms with Crippen LogP contribution >= 0.6 is 0 Å². The van der Waals surface area contributed by atoms with Crippen molar-refractivity contribution in [2.75, 3.05) is 54.1 Å². The predicted octanol–water partition coefficient (Wildman–Crippen LogP) is 2.58. The Balaban J connectivity index is 0.000000641. The molecule has 0 bridgehead atoms. The number of ether oxygens (including phenoxy) is 4. The van der Waals surface area contributed by atoms with E-state index in [1.54, 1.807) is 21.3 Å². The van der Waals surface area contributed by atoms with E-state index >= 15 is 0 Å². The fraction of sp³-hybridized carbons (Fsp3) is 0.440. The highest BCUT2D eigenvalue weighted by molar-refractivity contribution is 6.27. The van der Waals surface area contributed by atoms with Crippen molar-refractivity contribution in [2.45, 2.75) is 20.0 Å². The number of methoxy groups -OCH3 is 3. The topological polar surface area (TPSA) is 118 Å². The van der Waals surface area contributed by atoms with Gasteiger partial charge in [-0.1, -0.05) is 12.1 Å². The van der Waals surface area contributed by atoms with E-state index < -0.39 is 11.9 Å². The Morgan fingerprint density at radius 2 is 1.37 bits per heavy atom. The molecule has 0 spiro atoms. The maximum absolute atomic E-state index is 9.10. The van der Waals surface area contributed by atoms with Crippen LogP contribution in [0.25, 0.3) is 0 Å². The first-order chi connectivity index (χ1) is 16.8. The monoisotopic (exact) mass is 490 g/mol. The number of benzene rings is 2. The maximum atomic E-state index is 9.10. The second kappa shape index (κ2) is 14.0. The van der Waals surface area contributed by atoms with Gasteiger partial charge >= 0.3 is 11.9 Å². The van der Waals surface area contributed by atoms with E-state index in [9.17, 15) is 0 Å². The van der Waals surface area contributed by atoms with E-state index in [1.165, 1.54) is 11.1 Å². The lowest BCUT2D eigenvalue weighted by Crippen LogP contribution is -2.45. The Morgan fingerprint density at radius 3 is 1.89 bits per heavy atom. The van der Waals surface area contributed by atoms with E-state index in [-0.39, 0.29) is 0 Å². The zero-order chi connectivity index (χ0) is 25.8. The van der Waals surface area contributed by atoms with Gasteiger partial charge in [0.25, 0.3) is 0 Å². The third kappa shape index (κ3) is 8.66. The maximum Gasteiger partial charge on any atom is 0.414 e. The quantitative estimate of drug-likeness (QED) is 0.508. The average molecular weight is 491 g/mol. The Hall–Kier alpha value is -3.50. The summed E-state index contributed by atoms with van der Waals surface area (Å²) in [7, 11) is 5.06. The van der Waals surface area contributed by atoms with Crippen LogP contribution in [-0.4, -0.2) is 86.1 Å². The summed E-state index contributed by atoms with van der Waals surface area (Å²) in [5.74, 6) is -0.341. The van der Waals surface area contributed by atoms with Gasteiger partial charge < -0.3 is 29.2 Å². The van der Waals surface area contributed by atoms with Crippen LogP contribution in [0, 0.1) is 0 Å². The highest BCUT2D eigenvalue weighted by atomic mass is 16.5. The summed E-state index contributed by atoms with van der Waals surface area (Å²) >= 11 is 0. The smallest absolute Gasteiger partial charge is 0.414 e. The third-order valence-electron chi connectivity index (χ3n) is 5.47. The molecule has 192 valence electrons. The van der Waals surface area contributed by atoms with Gasteiger partial charge in [-0.2, -0.15) is 0 Å². The molecule has 10 nitrogen and oxygen atoms in total. The zero-order valence-electron chi connectivity index (χ0n) is 20.7. The van der Waals surface area contributed by atoms with E-state index in [0.717, 1.165) is 62.3 Å². The molecule has 1 saturated heterocycles. The lowest BCUT2D eigenvalue weighted by molar-refractivity contribution is -0.159. The van der Waals surface area contributed by atoms with Crippen molar-refractivity contribution in [3.8, 4) is 23.0 Å². The molecular weight excluding hydrogens is 456 g/mol. The largest absolute Gasteiger partial charge is 0.497 e. The normalized spacial score (nSPS) is 13.8. The van der Waals surface area contributed by atoms with Crippen molar-refractivity contribution in [1.29, 1.82) is 0 Å². The molecule has 1 heterocycles. The summed E-state index contributed by atoms with van der Waals surface area (Å²) in [6.45, 7) is 8.56. The van der Waals surface area contributed by atoms with E-state index in [0.29, 0.717) is 6.61 Å². The molecule has 3 rings (SSSR count).